The molecule has 0 aliphatic carbocycles. The molecule has 1 aromatic carbocycles. The zero-order valence-corrected chi connectivity index (χ0v) is 15.3. The lowest BCUT2D eigenvalue weighted by Gasteiger charge is -2.33. The number of hydrogen-bond acceptors (Lipinski definition) is 4. The Labute approximate surface area is 152 Å². The van der Waals surface area contributed by atoms with Crippen molar-refractivity contribution in [2.24, 2.45) is 0 Å². The number of hydrogen-bond donors (Lipinski definition) is 0. The van der Waals surface area contributed by atoms with Crippen LogP contribution in [0.5, 0.6) is 0 Å². The first-order valence-electron chi connectivity index (χ1n) is 9.15. The molecule has 4 rings (SSSR count). The number of aryl methyl sites for hydroxylation is 3. The highest BCUT2D eigenvalue weighted by Crippen LogP contribution is 2.31. The second-order valence-corrected chi connectivity index (χ2v) is 7.19. The van der Waals surface area contributed by atoms with Gasteiger partial charge >= 0.3 is 0 Å². The van der Waals surface area contributed by atoms with E-state index in [0.717, 1.165) is 41.6 Å². The smallest absolute Gasteiger partial charge is 0.223 e. The normalized spacial score (nSPS) is 15.8. The molecule has 6 heteroatoms. The zero-order valence-electron chi connectivity index (χ0n) is 15.3. The predicted molar refractivity (Wildman–Crippen MR) is 97.3 cm³/mol. The molecule has 0 unspecified atom stereocenters. The summed E-state index contributed by atoms with van der Waals surface area (Å²) >= 11 is 0. The van der Waals surface area contributed by atoms with Crippen LogP contribution >= 0.6 is 0 Å². The fourth-order valence-electron chi connectivity index (χ4n) is 3.60. The van der Waals surface area contributed by atoms with Gasteiger partial charge in [-0.2, -0.15) is 0 Å². The van der Waals surface area contributed by atoms with E-state index in [1.165, 1.54) is 12.5 Å². The van der Waals surface area contributed by atoms with Crippen molar-refractivity contribution in [1.82, 2.24) is 14.9 Å². The van der Waals surface area contributed by atoms with Crippen LogP contribution in [0.2, 0.25) is 0 Å². The number of nitrogens with zero attached hydrogens (tertiary/aromatic N) is 4. The van der Waals surface area contributed by atoms with Crippen molar-refractivity contribution in [1.29, 1.82) is 0 Å². The lowest BCUT2D eigenvalue weighted by molar-refractivity contribution is -0.131. The van der Waals surface area contributed by atoms with Crippen LogP contribution in [0.15, 0.2) is 18.2 Å². The van der Waals surface area contributed by atoms with Gasteiger partial charge in [0.15, 0.2) is 0 Å². The molecule has 3 heterocycles. The molecule has 1 fully saturated rings. The largest absolute Gasteiger partial charge is 0.356 e. The first kappa shape index (κ1) is 16.9. The molecular weight excluding hydrogens is 331 g/mol. The number of aromatic nitrogens is 2. The number of amides is 1. The minimum atomic E-state index is -0.206. The Bertz CT molecular complexity index is 863. The maximum atomic E-state index is 13.4. The Balaban J connectivity index is 1.44. The molecule has 2 aliphatic heterocycles. The van der Waals surface area contributed by atoms with Gasteiger partial charge in [0.25, 0.3) is 0 Å². The van der Waals surface area contributed by atoms with E-state index in [2.05, 4.69) is 14.9 Å². The molecular formula is C20H23FN4O. The number of carbonyl (C=O) groups is 1. The molecule has 0 radical (unpaired) electrons. The number of rotatable bonds is 4. The summed E-state index contributed by atoms with van der Waals surface area (Å²) in [5.41, 5.74) is 3.69. The number of halogens is 1. The summed E-state index contributed by atoms with van der Waals surface area (Å²) in [6.07, 6.45) is 2.23. The van der Waals surface area contributed by atoms with Gasteiger partial charge in [-0.1, -0.05) is 12.1 Å². The fraction of sp³-hybridized carbons (Fsp3) is 0.450. The average Bonchev–Trinajstić information content (AvgIpc) is 2.98. The Kier molecular flexibility index (Phi) is 4.34. The molecule has 0 atom stereocenters. The summed E-state index contributed by atoms with van der Waals surface area (Å²) in [5.74, 6) is 1.67. The second kappa shape index (κ2) is 6.67. The van der Waals surface area contributed by atoms with Gasteiger partial charge in [-0.3, -0.25) is 4.79 Å². The quantitative estimate of drug-likeness (QED) is 0.847. The molecule has 0 spiro atoms. The maximum Gasteiger partial charge on any atom is 0.223 e. The van der Waals surface area contributed by atoms with Gasteiger partial charge in [-0.15, -0.1) is 0 Å². The molecule has 0 saturated carbocycles. The number of carbonyl (C=O) groups excluding carboxylic acids is 1. The van der Waals surface area contributed by atoms with E-state index >= 15 is 0 Å². The number of benzene rings is 1. The standard InChI is InChI=1S/C20H23FN4O/c1-13-10-15(4-6-17(13)21)5-7-19(26)25-11-16-18(12-25)22-14(2)23-20(16)24-8-3-9-24/h4,6,10H,3,5,7-9,11-12H2,1-2H3. The first-order chi connectivity index (χ1) is 12.5. The summed E-state index contributed by atoms with van der Waals surface area (Å²) in [6.45, 7) is 6.85. The summed E-state index contributed by atoms with van der Waals surface area (Å²) in [7, 11) is 0. The van der Waals surface area contributed by atoms with E-state index in [-0.39, 0.29) is 11.7 Å². The van der Waals surface area contributed by atoms with Crippen molar-refractivity contribution in [2.75, 3.05) is 18.0 Å². The van der Waals surface area contributed by atoms with Crippen LogP contribution in [0.3, 0.4) is 0 Å². The number of anilines is 1. The van der Waals surface area contributed by atoms with E-state index in [1.54, 1.807) is 13.0 Å². The van der Waals surface area contributed by atoms with Gasteiger partial charge in [-0.05, 0) is 43.9 Å². The van der Waals surface area contributed by atoms with Crippen LogP contribution in [0.1, 0.15) is 41.1 Å². The third-order valence-corrected chi connectivity index (χ3v) is 5.23. The summed E-state index contributed by atoms with van der Waals surface area (Å²) in [4.78, 5) is 26.0. The van der Waals surface area contributed by atoms with Crippen LogP contribution < -0.4 is 4.90 Å². The average molecular weight is 354 g/mol. The molecule has 1 amide bonds. The number of fused-ring (bicyclic) bond motifs is 1. The highest BCUT2D eigenvalue weighted by molar-refractivity contribution is 5.77. The summed E-state index contributed by atoms with van der Waals surface area (Å²) in [5, 5.41) is 0. The van der Waals surface area contributed by atoms with E-state index in [9.17, 15) is 9.18 Å². The lowest BCUT2D eigenvalue weighted by atomic mass is 10.1. The van der Waals surface area contributed by atoms with Gasteiger partial charge < -0.3 is 9.80 Å². The molecule has 26 heavy (non-hydrogen) atoms. The molecule has 2 aliphatic rings. The Morgan fingerprint density at radius 3 is 2.69 bits per heavy atom. The first-order valence-corrected chi connectivity index (χ1v) is 9.15. The topological polar surface area (TPSA) is 49.3 Å². The maximum absolute atomic E-state index is 13.4. The molecule has 0 N–H and O–H groups in total. The third-order valence-electron chi connectivity index (χ3n) is 5.23. The van der Waals surface area contributed by atoms with Crippen molar-refractivity contribution < 1.29 is 9.18 Å². The van der Waals surface area contributed by atoms with Crippen molar-refractivity contribution in [3.63, 3.8) is 0 Å². The van der Waals surface area contributed by atoms with Crippen LogP contribution in [-0.2, 0) is 24.3 Å². The molecule has 5 nitrogen and oxygen atoms in total. The van der Waals surface area contributed by atoms with Crippen LogP contribution in [-0.4, -0.2) is 33.9 Å². The van der Waals surface area contributed by atoms with Crippen LogP contribution in [0, 0.1) is 19.7 Å². The lowest BCUT2D eigenvalue weighted by Crippen LogP contribution is -2.38. The van der Waals surface area contributed by atoms with Crippen molar-refractivity contribution in [3.8, 4) is 0 Å². The summed E-state index contributed by atoms with van der Waals surface area (Å²) in [6, 6.07) is 5.04. The van der Waals surface area contributed by atoms with Crippen molar-refractivity contribution in [3.05, 3.63) is 52.2 Å². The molecule has 1 aromatic heterocycles. The van der Waals surface area contributed by atoms with E-state index in [4.69, 9.17) is 0 Å². The van der Waals surface area contributed by atoms with Crippen molar-refractivity contribution >= 4 is 11.7 Å². The minimum Gasteiger partial charge on any atom is -0.356 e. The highest BCUT2D eigenvalue weighted by atomic mass is 19.1. The monoisotopic (exact) mass is 354 g/mol. The predicted octanol–water partition coefficient (Wildman–Crippen LogP) is 2.92. The van der Waals surface area contributed by atoms with Gasteiger partial charge in [-0.25, -0.2) is 14.4 Å². The Morgan fingerprint density at radius 2 is 2.00 bits per heavy atom. The minimum absolute atomic E-state index is 0.109. The molecule has 1 saturated heterocycles. The molecule has 136 valence electrons. The van der Waals surface area contributed by atoms with Crippen LogP contribution in [0.25, 0.3) is 0 Å². The third kappa shape index (κ3) is 3.16. The second-order valence-electron chi connectivity index (χ2n) is 7.19. The Hall–Kier alpha value is -2.50. The van der Waals surface area contributed by atoms with Gasteiger partial charge in [0.2, 0.25) is 5.91 Å². The van der Waals surface area contributed by atoms with E-state index in [1.807, 2.05) is 17.9 Å². The zero-order chi connectivity index (χ0) is 18.3. The van der Waals surface area contributed by atoms with Gasteiger partial charge in [0, 0.05) is 25.1 Å². The van der Waals surface area contributed by atoms with E-state index < -0.39 is 0 Å². The molecule has 2 aromatic rings. The SMILES string of the molecule is Cc1nc2c(c(N3CCC3)n1)CN(C(=O)CCc1ccc(F)c(C)c1)C2. The van der Waals surface area contributed by atoms with Gasteiger partial charge in [0.1, 0.15) is 17.5 Å². The summed E-state index contributed by atoms with van der Waals surface area (Å²) < 4.78 is 13.4. The fourth-order valence-corrected chi connectivity index (χ4v) is 3.60. The Morgan fingerprint density at radius 1 is 1.19 bits per heavy atom. The van der Waals surface area contributed by atoms with Crippen molar-refractivity contribution in [2.45, 2.75) is 46.2 Å². The van der Waals surface area contributed by atoms with Gasteiger partial charge in [0.05, 0.1) is 18.8 Å². The highest BCUT2D eigenvalue weighted by Gasteiger charge is 2.30. The van der Waals surface area contributed by atoms with E-state index in [0.29, 0.717) is 31.5 Å². The van der Waals surface area contributed by atoms with Crippen LogP contribution in [0.4, 0.5) is 10.2 Å². The molecule has 0 bridgehead atoms.